The van der Waals surface area contributed by atoms with Gasteiger partial charge in [0, 0.05) is 5.69 Å². The molecule has 2 aromatic carbocycles. The van der Waals surface area contributed by atoms with E-state index in [9.17, 15) is 13.2 Å². The standard InChI is InChI=1S/C16H14F3NO2/c1-21-13-6-7-14-11(8-13)9-15(20-14)10-2-4-12(5-3-10)22-16(17,18)19/h2-8,15,20H,9H2,1H3. The molecule has 0 spiro atoms. The summed E-state index contributed by atoms with van der Waals surface area (Å²) in [5.41, 5.74) is 3.05. The van der Waals surface area contributed by atoms with Gasteiger partial charge in [0.1, 0.15) is 11.5 Å². The molecule has 0 aliphatic carbocycles. The number of hydrogen-bond donors (Lipinski definition) is 1. The van der Waals surface area contributed by atoms with E-state index >= 15 is 0 Å². The molecule has 0 saturated heterocycles. The Labute approximate surface area is 125 Å². The fraction of sp³-hybridized carbons (Fsp3) is 0.250. The number of benzene rings is 2. The van der Waals surface area contributed by atoms with Crippen LogP contribution in [0.4, 0.5) is 18.9 Å². The van der Waals surface area contributed by atoms with Crippen LogP contribution in [0.5, 0.6) is 11.5 Å². The molecule has 1 aliphatic rings. The molecule has 1 N–H and O–H groups in total. The van der Waals surface area contributed by atoms with Crippen molar-refractivity contribution in [1.29, 1.82) is 0 Å². The van der Waals surface area contributed by atoms with Gasteiger partial charge >= 0.3 is 6.36 Å². The Morgan fingerprint density at radius 3 is 2.36 bits per heavy atom. The van der Waals surface area contributed by atoms with Crippen LogP contribution in [0.15, 0.2) is 42.5 Å². The SMILES string of the molecule is COc1ccc2c(c1)CC(c1ccc(OC(F)(F)F)cc1)N2. The van der Waals surface area contributed by atoms with Crippen LogP contribution in [0.3, 0.4) is 0 Å². The maximum absolute atomic E-state index is 12.1. The highest BCUT2D eigenvalue weighted by Gasteiger charge is 2.31. The first-order chi connectivity index (χ1) is 10.4. The van der Waals surface area contributed by atoms with Crippen molar-refractivity contribution in [3.05, 3.63) is 53.6 Å². The highest BCUT2D eigenvalue weighted by Crippen LogP contribution is 2.36. The van der Waals surface area contributed by atoms with Gasteiger partial charge in [-0.05, 0) is 47.9 Å². The van der Waals surface area contributed by atoms with Gasteiger partial charge in [0.05, 0.1) is 13.2 Å². The van der Waals surface area contributed by atoms with Gasteiger partial charge in [-0.15, -0.1) is 13.2 Å². The third-order valence-corrected chi connectivity index (χ3v) is 3.58. The predicted molar refractivity (Wildman–Crippen MR) is 76.2 cm³/mol. The van der Waals surface area contributed by atoms with E-state index in [4.69, 9.17) is 4.74 Å². The van der Waals surface area contributed by atoms with E-state index in [2.05, 4.69) is 10.1 Å². The van der Waals surface area contributed by atoms with Gasteiger partial charge in [0.2, 0.25) is 0 Å². The van der Waals surface area contributed by atoms with Crippen LogP contribution in [0, 0.1) is 0 Å². The fourth-order valence-electron chi connectivity index (χ4n) is 2.57. The van der Waals surface area contributed by atoms with Crippen LogP contribution >= 0.6 is 0 Å². The van der Waals surface area contributed by atoms with Crippen molar-refractivity contribution in [2.75, 3.05) is 12.4 Å². The van der Waals surface area contributed by atoms with Gasteiger partial charge in [-0.25, -0.2) is 0 Å². The molecule has 0 saturated carbocycles. The van der Waals surface area contributed by atoms with E-state index in [1.807, 2.05) is 18.2 Å². The van der Waals surface area contributed by atoms with Gasteiger partial charge in [-0.3, -0.25) is 0 Å². The van der Waals surface area contributed by atoms with E-state index < -0.39 is 6.36 Å². The Hall–Kier alpha value is -2.37. The van der Waals surface area contributed by atoms with Crippen molar-refractivity contribution in [3.63, 3.8) is 0 Å². The normalized spacial score (nSPS) is 16.8. The first kappa shape index (κ1) is 14.6. The highest BCUT2D eigenvalue weighted by atomic mass is 19.4. The molecule has 3 nitrogen and oxygen atoms in total. The van der Waals surface area contributed by atoms with Crippen LogP contribution in [-0.2, 0) is 6.42 Å². The monoisotopic (exact) mass is 309 g/mol. The molecule has 0 amide bonds. The average Bonchev–Trinajstić information content (AvgIpc) is 2.89. The molecule has 0 bridgehead atoms. The van der Waals surface area contributed by atoms with E-state index in [1.54, 1.807) is 19.2 Å². The lowest BCUT2D eigenvalue weighted by Gasteiger charge is -2.13. The minimum Gasteiger partial charge on any atom is -0.497 e. The molecule has 1 atom stereocenters. The quantitative estimate of drug-likeness (QED) is 0.917. The van der Waals surface area contributed by atoms with Crippen LogP contribution < -0.4 is 14.8 Å². The Bertz CT molecular complexity index is 668. The Morgan fingerprint density at radius 2 is 1.73 bits per heavy atom. The maximum Gasteiger partial charge on any atom is 0.573 e. The Kier molecular flexibility index (Phi) is 3.60. The summed E-state index contributed by atoms with van der Waals surface area (Å²) in [5, 5.41) is 3.35. The minimum atomic E-state index is -4.67. The summed E-state index contributed by atoms with van der Waals surface area (Å²) in [6.45, 7) is 0. The van der Waals surface area contributed by atoms with Crippen molar-refractivity contribution in [1.82, 2.24) is 0 Å². The van der Waals surface area contributed by atoms with Gasteiger partial charge in [-0.2, -0.15) is 0 Å². The number of hydrogen-bond acceptors (Lipinski definition) is 3. The summed E-state index contributed by atoms with van der Waals surface area (Å²) in [4.78, 5) is 0. The topological polar surface area (TPSA) is 30.5 Å². The Morgan fingerprint density at radius 1 is 1.05 bits per heavy atom. The fourth-order valence-corrected chi connectivity index (χ4v) is 2.57. The lowest BCUT2D eigenvalue weighted by atomic mass is 10.0. The van der Waals surface area contributed by atoms with Crippen LogP contribution in [0.2, 0.25) is 0 Å². The summed E-state index contributed by atoms with van der Waals surface area (Å²) in [6, 6.07) is 11.7. The molecule has 3 rings (SSSR count). The van der Waals surface area contributed by atoms with Crippen molar-refractivity contribution < 1.29 is 22.6 Å². The molecule has 0 aromatic heterocycles. The average molecular weight is 309 g/mol. The summed E-state index contributed by atoms with van der Waals surface area (Å²) in [5.74, 6) is 0.573. The number of ether oxygens (including phenoxy) is 2. The molecule has 0 fully saturated rings. The summed E-state index contributed by atoms with van der Waals surface area (Å²) < 4.78 is 45.5. The smallest absolute Gasteiger partial charge is 0.497 e. The lowest BCUT2D eigenvalue weighted by Crippen LogP contribution is -2.17. The zero-order valence-corrected chi connectivity index (χ0v) is 11.8. The molecule has 22 heavy (non-hydrogen) atoms. The van der Waals surface area contributed by atoms with Crippen molar-refractivity contribution in [2.45, 2.75) is 18.8 Å². The zero-order valence-electron chi connectivity index (χ0n) is 11.8. The van der Waals surface area contributed by atoms with Gasteiger partial charge in [0.25, 0.3) is 0 Å². The molecule has 0 radical (unpaired) electrons. The molecule has 1 unspecified atom stereocenters. The van der Waals surface area contributed by atoms with Gasteiger partial charge in [0.15, 0.2) is 0 Å². The molecular weight excluding hydrogens is 295 g/mol. The van der Waals surface area contributed by atoms with E-state index in [1.165, 1.54) is 12.1 Å². The third kappa shape index (κ3) is 3.10. The van der Waals surface area contributed by atoms with E-state index in [-0.39, 0.29) is 11.8 Å². The molecular formula is C16H14F3NO2. The largest absolute Gasteiger partial charge is 0.573 e. The second kappa shape index (κ2) is 5.44. The summed E-state index contributed by atoms with van der Waals surface area (Å²) in [7, 11) is 1.61. The molecule has 2 aromatic rings. The first-order valence-corrected chi connectivity index (χ1v) is 6.74. The van der Waals surface area contributed by atoms with Gasteiger partial charge < -0.3 is 14.8 Å². The van der Waals surface area contributed by atoms with E-state index in [0.29, 0.717) is 0 Å². The molecule has 1 aliphatic heterocycles. The van der Waals surface area contributed by atoms with Crippen LogP contribution in [0.25, 0.3) is 0 Å². The summed E-state index contributed by atoms with van der Waals surface area (Å²) >= 11 is 0. The molecule has 1 heterocycles. The van der Waals surface area contributed by atoms with Crippen molar-refractivity contribution in [2.24, 2.45) is 0 Å². The van der Waals surface area contributed by atoms with Gasteiger partial charge in [-0.1, -0.05) is 12.1 Å². The molecule has 6 heteroatoms. The minimum absolute atomic E-state index is 0.0297. The van der Waals surface area contributed by atoms with Crippen molar-refractivity contribution >= 4 is 5.69 Å². The lowest BCUT2D eigenvalue weighted by molar-refractivity contribution is -0.274. The second-order valence-corrected chi connectivity index (χ2v) is 5.04. The number of nitrogens with one attached hydrogen (secondary N) is 1. The van der Waals surface area contributed by atoms with Crippen LogP contribution in [0.1, 0.15) is 17.2 Å². The maximum atomic E-state index is 12.1. The second-order valence-electron chi connectivity index (χ2n) is 5.04. The third-order valence-electron chi connectivity index (χ3n) is 3.58. The van der Waals surface area contributed by atoms with E-state index in [0.717, 1.165) is 29.0 Å². The number of fused-ring (bicyclic) bond motifs is 1. The number of anilines is 1. The Balaban J connectivity index is 1.74. The number of methoxy groups -OCH3 is 1. The van der Waals surface area contributed by atoms with Crippen LogP contribution in [-0.4, -0.2) is 13.5 Å². The number of rotatable bonds is 3. The number of halogens is 3. The molecule has 116 valence electrons. The zero-order chi connectivity index (χ0) is 15.7. The predicted octanol–water partition coefficient (Wildman–Crippen LogP) is 4.30. The summed E-state index contributed by atoms with van der Waals surface area (Å²) in [6.07, 6.45) is -3.91. The highest BCUT2D eigenvalue weighted by molar-refractivity contribution is 5.60. The first-order valence-electron chi connectivity index (χ1n) is 6.74. The number of alkyl halides is 3. The van der Waals surface area contributed by atoms with Crippen molar-refractivity contribution in [3.8, 4) is 11.5 Å².